The molecule has 0 aromatic carbocycles. The Morgan fingerprint density at radius 1 is 0.919 bits per heavy atom. The molecule has 0 spiro atoms. The van der Waals surface area contributed by atoms with Gasteiger partial charge in [-0.15, -0.1) is 0 Å². The molecule has 3 heterocycles. The van der Waals surface area contributed by atoms with E-state index in [0.717, 1.165) is 25.7 Å². The predicted molar refractivity (Wildman–Crippen MR) is 138 cm³/mol. The quantitative estimate of drug-likeness (QED) is 0.349. The lowest BCUT2D eigenvalue weighted by Gasteiger charge is -2.16. The molecule has 0 aliphatic heterocycles. The minimum atomic E-state index is -0.351. The van der Waals surface area contributed by atoms with Crippen LogP contribution in [0.15, 0.2) is 42.9 Å². The largest absolute Gasteiger partial charge is 0.492 e. The van der Waals surface area contributed by atoms with E-state index in [1.807, 2.05) is 0 Å². The maximum atomic E-state index is 12.5. The van der Waals surface area contributed by atoms with Crippen LogP contribution in [0, 0.1) is 11.8 Å². The third kappa shape index (κ3) is 5.50. The molecule has 2 aliphatic carbocycles. The van der Waals surface area contributed by atoms with Crippen molar-refractivity contribution >= 4 is 40.7 Å². The van der Waals surface area contributed by atoms with Gasteiger partial charge in [-0.05, 0) is 43.9 Å². The first-order valence-electron chi connectivity index (χ1n) is 12.1. The molecule has 2 saturated carbocycles. The lowest BCUT2D eigenvalue weighted by molar-refractivity contribution is -0.118. The van der Waals surface area contributed by atoms with Crippen LogP contribution in [0.2, 0.25) is 0 Å². The Bertz CT molecular complexity index is 1350. The third-order valence-corrected chi connectivity index (χ3v) is 6.19. The number of nitrogens with one attached hydrogen (secondary N) is 4. The molecule has 2 fully saturated rings. The number of aromatic nitrogens is 3. The highest BCUT2D eigenvalue weighted by Crippen LogP contribution is 2.37. The van der Waals surface area contributed by atoms with Crippen molar-refractivity contribution in [2.45, 2.75) is 25.7 Å². The second kappa shape index (κ2) is 10.2. The molecule has 37 heavy (non-hydrogen) atoms. The fraction of sp³-hybridized carbons (Fsp3) is 0.308. The number of anilines is 4. The smallest absolute Gasteiger partial charge is 0.254 e. The average molecular weight is 502 g/mol. The maximum Gasteiger partial charge on any atom is 0.254 e. The summed E-state index contributed by atoms with van der Waals surface area (Å²) in [6, 6.07) is 6.94. The SMILES string of the molecule is CNC(=O)c1cnc(NC(=O)C2CC2)cc1Nc1nccc(-c2ccc(NC(=O)C3CC3)cn2)c1OC. The molecule has 0 saturated heterocycles. The standard InChI is InChI=1S/C26H27N7O4/c1-27-26(36)18-13-30-21(33-25(35)15-5-6-15)11-20(18)32-23-22(37-2)17(9-10-28-23)19-8-7-16(12-29-19)31-24(34)14-3-4-14/h7-15H,3-6H2,1-2H3,(H,27,36)(H,31,34)(H2,28,30,32,33,35). The van der Waals surface area contributed by atoms with Crippen LogP contribution in [0.1, 0.15) is 36.0 Å². The fourth-order valence-corrected chi connectivity index (χ4v) is 3.81. The second-order valence-corrected chi connectivity index (χ2v) is 9.02. The van der Waals surface area contributed by atoms with Crippen LogP contribution in [0.3, 0.4) is 0 Å². The number of nitrogens with zero attached hydrogens (tertiary/aromatic N) is 3. The number of pyridine rings is 3. The molecule has 11 nitrogen and oxygen atoms in total. The zero-order valence-electron chi connectivity index (χ0n) is 20.5. The highest BCUT2D eigenvalue weighted by Gasteiger charge is 2.30. The van der Waals surface area contributed by atoms with Crippen LogP contribution >= 0.6 is 0 Å². The molecule has 0 atom stereocenters. The van der Waals surface area contributed by atoms with Gasteiger partial charge in [0.25, 0.3) is 5.91 Å². The van der Waals surface area contributed by atoms with E-state index in [2.05, 4.69) is 36.2 Å². The number of hydrogen-bond donors (Lipinski definition) is 4. The highest BCUT2D eigenvalue weighted by molar-refractivity contribution is 6.01. The third-order valence-electron chi connectivity index (χ3n) is 6.19. The number of carbonyl (C=O) groups is 3. The van der Waals surface area contributed by atoms with Crippen LogP contribution in [0.5, 0.6) is 5.75 Å². The number of rotatable bonds is 9. The van der Waals surface area contributed by atoms with Gasteiger partial charge in [-0.2, -0.15) is 0 Å². The van der Waals surface area contributed by atoms with Crippen LogP contribution < -0.4 is 26.0 Å². The monoisotopic (exact) mass is 501 g/mol. The van der Waals surface area contributed by atoms with Crippen LogP contribution in [0.25, 0.3) is 11.3 Å². The van der Waals surface area contributed by atoms with Crippen molar-refractivity contribution in [2.75, 3.05) is 30.1 Å². The van der Waals surface area contributed by atoms with Gasteiger partial charge in [-0.3, -0.25) is 19.4 Å². The summed E-state index contributed by atoms with van der Waals surface area (Å²) in [7, 11) is 3.04. The summed E-state index contributed by atoms with van der Waals surface area (Å²) in [5, 5.41) is 11.4. The van der Waals surface area contributed by atoms with E-state index >= 15 is 0 Å². The van der Waals surface area contributed by atoms with Crippen LogP contribution in [0.4, 0.5) is 23.0 Å². The molecule has 4 N–H and O–H groups in total. The van der Waals surface area contributed by atoms with Gasteiger partial charge in [0.1, 0.15) is 5.82 Å². The summed E-state index contributed by atoms with van der Waals surface area (Å²) in [5.74, 6) is 0.770. The lowest BCUT2D eigenvalue weighted by Crippen LogP contribution is -2.20. The van der Waals surface area contributed by atoms with Gasteiger partial charge in [0, 0.05) is 42.9 Å². The zero-order valence-corrected chi connectivity index (χ0v) is 20.5. The van der Waals surface area contributed by atoms with Gasteiger partial charge >= 0.3 is 0 Å². The van der Waals surface area contributed by atoms with Gasteiger partial charge in [0.2, 0.25) is 11.8 Å². The number of amides is 3. The molecule has 11 heteroatoms. The van der Waals surface area contributed by atoms with Gasteiger partial charge in [0.15, 0.2) is 11.6 Å². The van der Waals surface area contributed by atoms with Crippen molar-refractivity contribution in [1.82, 2.24) is 20.3 Å². The van der Waals surface area contributed by atoms with Crippen molar-refractivity contribution in [2.24, 2.45) is 11.8 Å². The fourth-order valence-electron chi connectivity index (χ4n) is 3.81. The Labute approximate surface area is 213 Å². The molecule has 3 amide bonds. The first-order chi connectivity index (χ1) is 18.0. The van der Waals surface area contributed by atoms with Crippen LogP contribution in [-0.4, -0.2) is 46.8 Å². The van der Waals surface area contributed by atoms with Gasteiger partial charge < -0.3 is 26.0 Å². The predicted octanol–water partition coefficient (Wildman–Crippen LogP) is 3.35. The average Bonchev–Trinajstić information content (AvgIpc) is 3.82. The highest BCUT2D eigenvalue weighted by atomic mass is 16.5. The van der Waals surface area contributed by atoms with Gasteiger partial charge in [-0.25, -0.2) is 9.97 Å². The van der Waals surface area contributed by atoms with Crippen molar-refractivity contribution in [3.05, 3.63) is 48.4 Å². The van der Waals surface area contributed by atoms with Gasteiger partial charge in [-0.1, -0.05) is 0 Å². The van der Waals surface area contributed by atoms with E-state index in [9.17, 15) is 14.4 Å². The molecular weight excluding hydrogens is 474 g/mol. The number of ether oxygens (including phenoxy) is 1. The summed E-state index contributed by atoms with van der Waals surface area (Å²) in [5.41, 5.74) is 2.58. The Kier molecular flexibility index (Phi) is 6.67. The Morgan fingerprint density at radius 3 is 2.27 bits per heavy atom. The van der Waals surface area contributed by atoms with E-state index in [0.29, 0.717) is 40.0 Å². The van der Waals surface area contributed by atoms with E-state index in [1.165, 1.54) is 20.4 Å². The second-order valence-electron chi connectivity index (χ2n) is 9.02. The summed E-state index contributed by atoms with van der Waals surface area (Å²) in [6.45, 7) is 0. The maximum absolute atomic E-state index is 12.5. The molecule has 0 radical (unpaired) electrons. The minimum Gasteiger partial charge on any atom is -0.492 e. The van der Waals surface area contributed by atoms with E-state index in [1.54, 1.807) is 36.7 Å². The van der Waals surface area contributed by atoms with E-state index in [-0.39, 0.29) is 35.1 Å². The summed E-state index contributed by atoms with van der Waals surface area (Å²) >= 11 is 0. The lowest BCUT2D eigenvalue weighted by atomic mass is 10.1. The molecular formula is C26H27N7O4. The molecule has 0 unspecified atom stereocenters. The summed E-state index contributed by atoms with van der Waals surface area (Å²) in [6.07, 6.45) is 8.18. The Hall–Kier alpha value is -4.54. The van der Waals surface area contributed by atoms with Crippen molar-refractivity contribution in [3.8, 4) is 17.0 Å². The molecule has 3 aromatic rings. The Morgan fingerprint density at radius 2 is 1.65 bits per heavy atom. The zero-order chi connectivity index (χ0) is 25.9. The van der Waals surface area contributed by atoms with Crippen LogP contribution in [-0.2, 0) is 9.59 Å². The summed E-state index contributed by atoms with van der Waals surface area (Å²) < 4.78 is 5.68. The number of carbonyl (C=O) groups excluding carboxylic acids is 3. The van der Waals surface area contributed by atoms with Crippen molar-refractivity contribution < 1.29 is 19.1 Å². The molecule has 2 aliphatic rings. The number of hydrogen-bond acceptors (Lipinski definition) is 8. The van der Waals surface area contributed by atoms with Crippen molar-refractivity contribution in [1.29, 1.82) is 0 Å². The molecule has 3 aromatic heterocycles. The molecule has 190 valence electrons. The van der Waals surface area contributed by atoms with E-state index in [4.69, 9.17) is 4.74 Å². The van der Waals surface area contributed by atoms with E-state index < -0.39 is 0 Å². The van der Waals surface area contributed by atoms with Crippen molar-refractivity contribution in [3.63, 3.8) is 0 Å². The number of methoxy groups -OCH3 is 1. The topological polar surface area (TPSA) is 147 Å². The minimum absolute atomic E-state index is 0.0104. The Balaban J connectivity index is 1.43. The normalized spacial score (nSPS) is 14.4. The summed E-state index contributed by atoms with van der Waals surface area (Å²) in [4.78, 5) is 49.9. The molecule has 5 rings (SSSR count). The molecule has 0 bridgehead atoms. The first-order valence-corrected chi connectivity index (χ1v) is 12.1. The first kappa shape index (κ1) is 24.2. The van der Waals surface area contributed by atoms with Gasteiger partial charge in [0.05, 0.1) is 35.9 Å².